The average Bonchev–Trinajstić information content (AvgIpc) is 3.21. The molecule has 0 bridgehead atoms. The molecule has 9 nitrogen and oxygen atoms in total. The van der Waals surface area contributed by atoms with Crippen molar-refractivity contribution < 1.29 is 27.8 Å². The van der Waals surface area contributed by atoms with Crippen LogP contribution < -0.4 is 20.1 Å². The van der Waals surface area contributed by atoms with E-state index in [2.05, 4.69) is 20.6 Å². The lowest BCUT2D eigenvalue weighted by Crippen LogP contribution is -2.44. The van der Waals surface area contributed by atoms with Crippen molar-refractivity contribution in [2.24, 2.45) is 5.92 Å². The number of rotatable bonds is 9. The Hall–Kier alpha value is -4.28. The molecule has 0 radical (unpaired) electrons. The fraction of sp³-hybridized carbons (Fsp3) is 0.357. The summed E-state index contributed by atoms with van der Waals surface area (Å²) in [4.78, 5) is 36.2. The summed E-state index contributed by atoms with van der Waals surface area (Å²) in [6.45, 7) is 2.75. The molecule has 2 aromatic carbocycles. The van der Waals surface area contributed by atoms with E-state index in [0.29, 0.717) is 36.6 Å². The number of aromatic nitrogens is 2. The van der Waals surface area contributed by atoms with E-state index in [-0.39, 0.29) is 59.6 Å². The van der Waals surface area contributed by atoms with Gasteiger partial charge in [0.15, 0.2) is 5.82 Å². The van der Waals surface area contributed by atoms with Gasteiger partial charge in [-0.15, -0.1) is 0 Å². The highest BCUT2D eigenvalue weighted by Gasteiger charge is 2.38. The van der Waals surface area contributed by atoms with Crippen LogP contribution in [0.4, 0.5) is 14.6 Å². The summed E-state index contributed by atoms with van der Waals surface area (Å²) in [5.41, 5.74) is 1.01. The van der Waals surface area contributed by atoms with Crippen LogP contribution in [0.25, 0.3) is 11.4 Å². The van der Waals surface area contributed by atoms with E-state index in [9.17, 15) is 18.4 Å². The highest BCUT2D eigenvalue weighted by atomic mass is 19.1. The molecule has 2 heterocycles. The van der Waals surface area contributed by atoms with Crippen molar-refractivity contribution >= 4 is 17.6 Å². The van der Waals surface area contributed by atoms with Crippen LogP contribution in [0.2, 0.25) is 0 Å². The van der Waals surface area contributed by atoms with Crippen LogP contribution in [0.5, 0.6) is 11.5 Å². The van der Waals surface area contributed by atoms with Gasteiger partial charge in [-0.3, -0.25) is 9.59 Å². The number of fused-ring (bicyclic) bond motifs is 1. The molecule has 11 heteroatoms. The number of hydrogen-bond donors (Lipinski definition) is 2. The van der Waals surface area contributed by atoms with Gasteiger partial charge >= 0.3 is 0 Å². The van der Waals surface area contributed by atoms with E-state index in [0.717, 1.165) is 17.7 Å². The van der Waals surface area contributed by atoms with Crippen molar-refractivity contribution in [3.8, 4) is 22.9 Å². The number of benzene rings is 2. The minimum absolute atomic E-state index is 0.0201. The summed E-state index contributed by atoms with van der Waals surface area (Å²) in [5.74, 6) is -0.854. The second-order valence-corrected chi connectivity index (χ2v) is 9.56. The fourth-order valence-electron chi connectivity index (χ4n) is 4.96. The van der Waals surface area contributed by atoms with Crippen LogP contribution in [0.15, 0.2) is 36.4 Å². The Balaban J connectivity index is 1.47. The standard InChI is InChI=1S/C28H29F2N5O4/c1-4-31-27(36)16-10-17(11-16)32-26-24-21(33-25(34-26)23-19(29)6-5-7-20(23)30)14-35(28(24)37)13-15-8-9-18(38-2)12-22(15)39-3/h5-9,12,16-17H,4,10-11,13-14H2,1-3H3,(H,31,36)(H,32,33,34). The molecule has 0 atom stereocenters. The zero-order chi connectivity index (χ0) is 27.7. The van der Waals surface area contributed by atoms with Crippen molar-refractivity contribution in [2.75, 3.05) is 26.1 Å². The maximum absolute atomic E-state index is 14.7. The Morgan fingerprint density at radius 3 is 2.49 bits per heavy atom. The van der Waals surface area contributed by atoms with Crippen LogP contribution in [-0.2, 0) is 17.9 Å². The van der Waals surface area contributed by atoms with Crippen molar-refractivity contribution in [3.63, 3.8) is 0 Å². The first kappa shape index (κ1) is 26.3. The number of anilines is 1. The predicted octanol–water partition coefficient (Wildman–Crippen LogP) is 3.92. The summed E-state index contributed by atoms with van der Waals surface area (Å²) in [6.07, 6.45) is 1.10. The quantitative estimate of drug-likeness (QED) is 0.426. The zero-order valence-electron chi connectivity index (χ0n) is 21.9. The SMILES string of the molecule is CCNC(=O)C1CC(Nc2nc(-c3c(F)cccc3F)nc3c2C(=O)N(Cc2ccc(OC)cc2OC)C3)C1. The van der Waals surface area contributed by atoms with Gasteiger partial charge in [-0.05, 0) is 44.0 Å². The molecule has 1 aliphatic carbocycles. The molecule has 39 heavy (non-hydrogen) atoms. The second kappa shape index (κ2) is 10.8. The highest BCUT2D eigenvalue weighted by Crippen LogP contribution is 2.37. The molecule has 2 aliphatic rings. The number of ether oxygens (including phenoxy) is 2. The summed E-state index contributed by atoms with van der Waals surface area (Å²) >= 11 is 0. The van der Waals surface area contributed by atoms with Crippen molar-refractivity contribution in [2.45, 2.75) is 38.9 Å². The summed E-state index contributed by atoms with van der Waals surface area (Å²) < 4.78 is 40.1. The molecule has 1 aromatic heterocycles. The predicted molar refractivity (Wildman–Crippen MR) is 139 cm³/mol. The zero-order valence-corrected chi connectivity index (χ0v) is 21.9. The smallest absolute Gasteiger partial charge is 0.260 e. The first-order valence-electron chi connectivity index (χ1n) is 12.7. The van der Waals surface area contributed by atoms with Crippen molar-refractivity contribution in [1.29, 1.82) is 0 Å². The largest absolute Gasteiger partial charge is 0.497 e. The lowest BCUT2D eigenvalue weighted by atomic mass is 9.79. The van der Waals surface area contributed by atoms with Crippen LogP contribution in [-0.4, -0.2) is 53.5 Å². The lowest BCUT2D eigenvalue weighted by Gasteiger charge is -2.35. The Morgan fingerprint density at radius 1 is 1.08 bits per heavy atom. The number of nitrogens with one attached hydrogen (secondary N) is 2. The van der Waals surface area contributed by atoms with Crippen LogP contribution >= 0.6 is 0 Å². The van der Waals surface area contributed by atoms with Crippen LogP contribution in [0.3, 0.4) is 0 Å². The van der Waals surface area contributed by atoms with E-state index >= 15 is 0 Å². The van der Waals surface area contributed by atoms with Crippen LogP contribution in [0.1, 0.15) is 41.4 Å². The third kappa shape index (κ3) is 5.08. The molecule has 204 valence electrons. The molecule has 0 unspecified atom stereocenters. The third-order valence-electron chi connectivity index (χ3n) is 7.07. The van der Waals surface area contributed by atoms with E-state index in [1.54, 1.807) is 24.1 Å². The minimum Gasteiger partial charge on any atom is -0.497 e. The molecular weight excluding hydrogens is 508 g/mol. The first-order valence-corrected chi connectivity index (χ1v) is 12.7. The molecule has 2 amide bonds. The van der Waals surface area contributed by atoms with Crippen molar-refractivity contribution in [1.82, 2.24) is 20.2 Å². The van der Waals surface area contributed by atoms with E-state index in [1.807, 2.05) is 13.0 Å². The molecule has 1 fully saturated rings. The molecule has 0 spiro atoms. The number of carbonyl (C=O) groups is 2. The number of amides is 2. The monoisotopic (exact) mass is 537 g/mol. The number of methoxy groups -OCH3 is 2. The Labute approximate surface area is 224 Å². The second-order valence-electron chi connectivity index (χ2n) is 9.56. The lowest BCUT2D eigenvalue weighted by molar-refractivity contribution is -0.127. The number of nitrogens with zero attached hydrogens (tertiary/aromatic N) is 3. The average molecular weight is 538 g/mol. The van der Waals surface area contributed by atoms with E-state index in [1.165, 1.54) is 13.2 Å². The van der Waals surface area contributed by atoms with Gasteiger partial charge in [-0.1, -0.05) is 6.07 Å². The van der Waals surface area contributed by atoms with Gasteiger partial charge in [-0.2, -0.15) is 0 Å². The summed E-state index contributed by atoms with van der Waals surface area (Å²) in [7, 11) is 3.09. The maximum Gasteiger partial charge on any atom is 0.260 e. The number of carbonyl (C=O) groups excluding carboxylic acids is 2. The molecule has 5 rings (SSSR count). The Morgan fingerprint density at radius 2 is 1.82 bits per heavy atom. The number of halogens is 2. The first-order chi connectivity index (χ1) is 18.8. The van der Waals surface area contributed by atoms with Gasteiger partial charge in [0.05, 0.1) is 38.6 Å². The molecule has 0 saturated heterocycles. The summed E-state index contributed by atoms with van der Waals surface area (Å²) in [6, 6.07) is 8.74. The topological polar surface area (TPSA) is 106 Å². The van der Waals surface area contributed by atoms with Gasteiger partial charge in [0.2, 0.25) is 5.91 Å². The van der Waals surface area contributed by atoms with Crippen LogP contribution in [0, 0.1) is 17.6 Å². The van der Waals surface area contributed by atoms with E-state index in [4.69, 9.17) is 9.47 Å². The molecule has 1 aliphatic heterocycles. The third-order valence-corrected chi connectivity index (χ3v) is 7.07. The van der Waals surface area contributed by atoms with Gasteiger partial charge in [0, 0.05) is 30.1 Å². The highest BCUT2D eigenvalue weighted by molar-refractivity contribution is 6.02. The maximum atomic E-state index is 14.7. The van der Waals surface area contributed by atoms with Gasteiger partial charge in [-0.25, -0.2) is 18.7 Å². The number of hydrogen-bond acceptors (Lipinski definition) is 7. The van der Waals surface area contributed by atoms with Gasteiger partial charge in [0.1, 0.15) is 34.5 Å². The van der Waals surface area contributed by atoms with Crippen molar-refractivity contribution in [3.05, 3.63) is 64.9 Å². The molecule has 2 N–H and O–H groups in total. The fourth-order valence-corrected chi connectivity index (χ4v) is 4.96. The molecule has 3 aromatic rings. The summed E-state index contributed by atoms with van der Waals surface area (Å²) in [5, 5.41) is 6.06. The molecular formula is C28H29F2N5O4. The van der Waals surface area contributed by atoms with Gasteiger partial charge in [0.25, 0.3) is 5.91 Å². The minimum atomic E-state index is -0.801. The Bertz CT molecular complexity index is 1410. The normalized spacial score (nSPS) is 17.9. The Kier molecular flexibility index (Phi) is 7.32. The molecule has 1 saturated carbocycles. The van der Waals surface area contributed by atoms with Gasteiger partial charge < -0.3 is 25.0 Å². The van der Waals surface area contributed by atoms with E-state index < -0.39 is 11.6 Å².